The summed E-state index contributed by atoms with van der Waals surface area (Å²) in [4.78, 5) is 14.3. The van der Waals surface area contributed by atoms with Gasteiger partial charge in [-0.2, -0.15) is 0 Å². The molecule has 1 aliphatic heterocycles. The number of allylic oxidation sites excluding steroid dienone is 1. The second-order valence-electron chi connectivity index (χ2n) is 5.82. The van der Waals surface area contributed by atoms with E-state index in [1.165, 1.54) is 0 Å². The zero-order valence-electron chi connectivity index (χ0n) is 13.7. The average Bonchev–Trinajstić information content (AvgIpc) is 2.55. The second-order valence-corrected chi connectivity index (χ2v) is 7.53. The Morgan fingerprint density at radius 1 is 1.35 bits per heavy atom. The summed E-state index contributed by atoms with van der Waals surface area (Å²) in [5.41, 5.74) is 0.721. The minimum atomic E-state index is -3.54. The number of nitrogens with zero attached hydrogens (tertiary/aromatic N) is 1. The van der Waals surface area contributed by atoms with Crippen molar-refractivity contribution < 1.29 is 13.2 Å². The fourth-order valence-electron chi connectivity index (χ4n) is 2.79. The van der Waals surface area contributed by atoms with E-state index in [-0.39, 0.29) is 16.8 Å². The largest absolute Gasteiger partial charge is 0.337 e. The molecule has 0 aromatic heterocycles. The molecule has 1 aromatic rings. The number of hydrogen-bond donors (Lipinski definition) is 1. The van der Waals surface area contributed by atoms with Gasteiger partial charge < -0.3 is 4.90 Å². The van der Waals surface area contributed by atoms with Crippen molar-refractivity contribution in [3.8, 4) is 0 Å². The molecule has 1 unspecified atom stereocenters. The first-order valence-corrected chi connectivity index (χ1v) is 9.45. The van der Waals surface area contributed by atoms with Crippen LogP contribution < -0.4 is 4.72 Å². The third-order valence-electron chi connectivity index (χ3n) is 3.93. The predicted octanol–water partition coefficient (Wildman–Crippen LogP) is 2.31. The molecule has 1 atom stereocenters. The van der Waals surface area contributed by atoms with Crippen LogP contribution in [-0.2, 0) is 14.8 Å². The van der Waals surface area contributed by atoms with Gasteiger partial charge in [0.25, 0.3) is 0 Å². The molecule has 2 rings (SSSR count). The summed E-state index contributed by atoms with van der Waals surface area (Å²) in [6.07, 6.45) is 4.26. The maximum Gasteiger partial charge on any atom is 0.249 e. The maximum absolute atomic E-state index is 12.4. The Kier molecular flexibility index (Phi) is 5.96. The lowest BCUT2D eigenvalue weighted by Gasteiger charge is -2.33. The number of piperidine rings is 1. The minimum absolute atomic E-state index is 0.00420. The van der Waals surface area contributed by atoms with Crippen LogP contribution in [0.15, 0.2) is 46.9 Å². The van der Waals surface area contributed by atoms with E-state index in [0.29, 0.717) is 13.1 Å². The van der Waals surface area contributed by atoms with Crippen molar-refractivity contribution >= 4 is 15.9 Å². The Hall–Kier alpha value is -1.66. The third-order valence-corrected chi connectivity index (χ3v) is 5.47. The summed E-state index contributed by atoms with van der Waals surface area (Å²) in [7, 11) is -3.54. The van der Waals surface area contributed by atoms with Crippen molar-refractivity contribution in [3.63, 3.8) is 0 Å². The predicted molar refractivity (Wildman–Crippen MR) is 90.4 cm³/mol. The molecular weight excluding hydrogens is 312 g/mol. The summed E-state index contributed by atoms with van der Waals surface area (Å²) in [6.45, 7) is 4.89. The van der Waals surface area contributed by atoms with Crippen LogP contribution in [0.3, 0.4) is 0 Å². The molecular formula is C17H24N2O3S. The van der Waals surface area contributed by atoms with E-state index < -0.39 is 10.0 Å². The van der Waals surface area contributed by atoms with Crippen molar-refractivity contribution in [1.82, 2.24) is 9.62 Å². The Labute approximate surface area is 138 Å². The lowest BCUT2D eigenvalue weighted by Crippen LogP contribution is -2.49. The molecule has 1 N–H and O–H groups in total. The SMILES string of the molecule is CCC=C(C)C(=O)N1CCCC(NS(=O)(=O)c2ccccc2)C1. The number of rotatable bonds is 5. The molecule has 1 aromatic carbocycles. The van der Waals surface area contributed by atoms with Gasteiger partial charge in [-0.1, -0.05) is 31.2 Å². The van der Waals surface area contributed by atoms with E-state index in [4.69, 9.17) is 0 Å². The normalized spacial score (nSPS) is 19.7. The van der Waals surface area contributed by atoms with Crippen LogP contribution >= 0.6 is 0 Å². The summed E-state index contributed by atoms with van der Waals surface area (Å²) in [5.74, 6) is -0.00420. The molecule has 6 heteroatoms. The molecule has 126 valence electrons. The first-order chi connectivity index (χ1) is 10.9. The Morgan fingerprint density at radius 3 is 2.70 bits per heavy atom. The van der Waals surface area contributed by atoms with Gasteiger partial charge in [-0.25, -0.2) is 13.1 Å². The van der Waals surface area contributed by atoms with Gasteiger partial charge in [0.05, 0.1) is 4.90 Å². The molecule has 1 aliphatic rings. The Bertz CT molecular complexity index is 668. The first-order valence-electron chi connectivity index (χ1n) is 7.97. The maximum atomic E-state index is 12.4. The van der Waals surface area contributed by atoms with Gasteiger partial charge in [0.2, 0.25) is 15.9 Å². The highest BCUT2D eigenvalue weighted by molar-refractivity contribution is 7.89. The van der Waals surface area contributed by atoms with Crippen molar-refractivity contribution in [3.05, 3.63) is 42.0 Å². The lowest BCUT2D eigenvalue weighted by molar-refractivity contribution is -0.128. The van der Waals surface area contributed by atoms with Crippen molar-refractivity contribution in [2.24, 2.45) is 0 Å². The number of benzene rings is 1. The molecule has 1 amide bonds. The minimum Gasteiger partial charge on any atom is -0.337 e. The van der Waals surface area contributed by atoms with E-state index in [0.717, 1.165) is 24.8 Å². The van der Waals surface area contributed by atoms with Crippen LogP contribution in [0.4, 0.5) is 0 Å². The molecule has 1 fully saturated rings. The molecule has 1 heterocycles. The zero-order chi connectivity index (χ0) is 16.9. The van der Waals surface area contributed by atoms with Gasteiger partial charge in [0.15, 0.2) is 0 Å². The van der Waals surface area contributed by atoms with Crippen LogP contribution in [-0.4, -0.2) is 38.4 Å². The van der Waals surface area contributed by atoms with E-state index in [1.807, 2.05) is 19.9 Å². The smallest absolute Gasteiger partial charge is 0.249 e. The monoisotopic (exact) mass is 336 g/mol. The molecule has 0 aliphatic carbocycles. The molecule has 23 heavy (non-hydrogen) atoms. The number of nitrogens with one attached hydrogen (secondary N) is 1. The van der Waals surface area contributed by atoms with E-state index in [2.05, 4.69) is 4.72 Å². The van der Waals surface area contributed by atoms with Gasteiger partial charge in [0.1, 0.15) is 0 Å². The van der Waals surface area contributed by atoms with E-state index >= 15 is 0 Å². The molecule has 0 bridgehead atoms. The van der Waals surface area contributed by atoms with Gasteiger partial charge in [-0.3, -0.25) is 4.79 Å². The van der Waals surface area contributed by atoms with Crippen LogP contribution in [0.5, 0.6) is 0 Å². The van der Waals surface area contributed by atoms with Gasteiger partial charge >= 0.3 is 0 Å². The summed E-state index contributed by atoms with van der Waals surface area (Å²) in [6, 6.07) is 8.08. The van der Waals surface area contributed by atoms with Gasteiger partial charge in [-0.05, 0) is 38.3 Å². The van der Waals surface area contributed by atoms with Crippen LogP contribution in [0.1, 0.15) is 33.1 Å². The number of carbonyl (C=O) groups excluding carboxylic acids is 1. The van der Waals surface area contributed by atoms with Crippen molar-refractivity contribution in [1.29, 1.82) is 0 Å². The van der Waals surface area contributed by atoms with Crippen LogP contribution in [0.25, 0.3) is 0 Å². The molecule has 0 radical (unpaired) electrons. The fourth-order valence-corrected chi connectivity index (χ4v) is 4.07. The fraction of sp³-hybridized carbons (Fsp3) is 0.471. The zero-order valence-corrected chi connectivity index (χ0v) is 14.5. The van der Waals surface area contributed by atoms with Gasteiger partial charge in [-0.15, -0.1) is 0 Å². The highest BCUT2D eigenvalue weighted by Gasteiger charge is 2.27. The van der Waals surface area contributed by atoms with Crippen LogP contribution in [0, 0.1) is 0 Å². The quantitative estimate of drug-likeness (QED) is 0.839. The van der Waals surface area contributed by atoms with Crippen molar-refractivity contribution in [2.45, 2.75) is 44.0 Å². The Balaban J connectivity index is 2.05. The molecule has 1 saturated heterocycles. The second kappa shape index (κ2) is 7.75. The Morgan fingerprint density at radius 2 is 2.04 bits per heavy atom. The summed E-state index contributed by atoms with van der Waals surface area (Å²) < 4.78 is 27.5. The van der Waals surface area contributed by atoms with Crippen molar-refractivity contribution in [2.75, 3.05) is 13.1 Å². The number of amides is 1. The number of likely N-dealkylation sites (tertiary alicyclic amines) is 1. The highest BCUT2D eigenvalue weighted by Crippen LogP contribution is 2.16. The lowest BCUT2D eigenvalue weighted by atomic mass is 10.1. The average molecular weight is 336 g/mol. The van der Waals surface area contributed by atoms with E-state index in [1.54, 1.807) is 35.2 Å². The molecule has 0 spiro atoms. The summed E-state index contributed by atoms with van der Waals surface area (Å²) in [5, 5.41) is 0. The third kappa shape index (κ3) is 4.65. The number of sulfonamides is 1. The topological polar surface area (TPSA) is 66.5 Å². The summed E-state index contributed by atoms with van der Waals surface area (Å²) >= 11 is 0. The number of carbonyl (C=O) groups is 1. The van der Waals surface area contributed by atoms with Gasteiger partial charge in [0, 0.05) is 24.7 Å². The van der Waals surface area contributed by atoms with E-state index in [9.17, 15) is 13.2 Å². The van der Waals surface area contributed by atoms with Crippen LogP contribution in [0.2, 0.25) is 0 Å². The highest BCUT2D eigenvalue weighted by atomic mass is 32.2. The first kappa shape index (κ1) is 17.7. The molecule has 5 nitrogen and oxygen atoms in total. The molecule has 0 saturated carbocycles. The standard InChI is InChI=1S/C17H24N2O3S/c1-3-8-14(2)17(20)19-12-7-9-15(13-19)18-23(21,22)16-10-5-4-6-11-16/h4-6,8,10-11,15,18H,3,7,9,12-13H2,1-2H3. The number of hydrogen-bond acceptors (Lipinski definition) is 3.